The molecule has 1 aliphatic heterocycles. The van der Waals surface area contributed by atoms with E-state index in [4.69, 9.17) is 0 Å². The Kier molecular flexibility index (Phi) is 6.30. The lowest BCUT2D eigenvalue weighted by Gasteiger charge is -2.32. The molecule has 1 aliphatic rings. The van der Waals surface area contributed by atoms with E-state index in [9.17, 15) is 9.59 Å². The van der Waals surface area contributed by atoms with Gasteiger partial charge in [-0.3, -0.25) is 9.59 Å². The molecular weight excluding hydrogens is 282 g/mol. The Balaban J connectivity index is 1.83. The quantitative estimate of drug-likeness (QED) is 0.811. The molecule has 1 heterocycles. The molecule has 2 rings (SSSR count). The van der Waals surface area contributed by atoms with E-state index in [1.165, 1.54) is 5.56 Å². The van der Waals surface area contributed by atoms with Gasteiger partial charge in [-0.2, -0.15) is 11.8 Å². The highest BCUT2D eigenvalue weighted by molar-refractivity contribution is 7.99. The van der Waals surface area contributed by atoms with Crippen LogP contribution in [0, 0.1) is 5.92 Å². The molecule has 1 atom stereocenters. The minimum absolute atomic E-state index is 0.0354. The maximum Gasteiger partial charge on any atom is 0.232 e. The number of Topliss-reactive ketones (excluding diaryl/α,β-unsaturated/α-hetero) is 1. The van der Waals surface area contributed by atoms with E-state index in [1.807, 2.05) is 29.4 Å². The molecule has 0 radical (unpaired) electrons. The zero-order valence-corrected chi connectivity index (χ0v) is 13.4. The van der Waals surface area contributed by atoms with Gasteiger partial charge in [0.2, 0.25) is 5.91 Å². The number of piperidine rings is 1. The highest BCUT2D eigenvalue weighted by atomic mass is 32.2. The lowest BCUT2D eigenvalue weighted by molar-refractivity contribution is -0.132. The molecule has 1 saturated heterocycles. The van der Waals surface area contributed by atoms with Gasteiger partial charge in [0, 0.05) is 25.4 Å². The van der Waals surface area contributed by atoms with Crippen LogP contribution in [0.1, 0.15) is 24.8 Å². The number of hydrogen-bond acceptors (Lipinski definition) is 3. The zero-order valence-electron chi connectivity index (χ0n) is 12.6. The third-order valence-corrected chi connectivity index (χ3v) is 4.54. The summed E-state index contributed by atoms with van der Waals surface area (Å²) in [4.78, 5) is 26.2. The molecule has 21 heavy (non-hydrogen) atoms. The summed E-state index contributed by atoms with van der Waals surface area (Å²) in [6.07, 6.45) is 5.19. The fraction of sp³-hybridized carbons (Fsp3) is 0.529. The van der Waals surface area contributed by atoms with Crippen molar-refractivity contribution in [1.29, 1.82) is 0 Å². The average molecular weight is 305 g/mol. The molecule has 3 nitrogen and oxygen atoms in total. The van der Waals surface area contributed by atoms with Gasteiger partial charge in [-0.1, -0.05) is 30.3 Å². The van der Waals surface area contributed by atoms with Crippen LogP contribution in [0.4, 0.5) is 0 Å². The summed E-state index contributed by atoms with van der Waals surface area (Å²) < 4.78 is 0. The van der Waals surface area contributed by atoms with Gasteiger partial charge in [-0.25, -0.2) is 0 Å². The minimum Gasteiger partial charge on any atom is -0.341 e. The Labute approximate surface area is 131 Å². The van der Waals surface area contributed by atoms with E-state index >= 15 is 0 Å². The van der Waals surface area contributed by atoms with Crippen molar-refractivity contribution in [1.82, 2.24) is 4.90 Å². The predicted molar refractivity (Wildman–Crippen MR) is 87.5 cm³/mol. The van der Waals surface area contributed by atoms with Gasteiger partial charge in [-0.05, 0) is 31.1 Å². The molecule has 1 fully saturated rings. The fourth-order valence-electron chi connectivity index (χ4n) is 2.80. The Morgan fingerprint density at radius 3 is 2.76 bits per heavy atom. The first-order valence-electron chi connectivity index (χ1n) is 7.54. The van der Waals surface area contributed by atoms with E-state index in [0.29, 0.717) is 24.5 Å². The van der Waals surface area contributed by atoms with Crippen LogP contribution >= 0.6 is 11.8 Å². The summed E-state index contributed by atoms with van der Waals surface area (Å²) in [5.74, 6) is 1.03. The van der Waals surface area contributed by atoms with Crippen molar-refractivity contribution in [3.05, 3.63) is 35.9 Å². The first-order valence-corrected chi connectivity index (χ1v) is 8.93. The van der Waals surface area contributed by atoms with E-state index in [-0.39, 0.29) is 11.8 Å². The lowest BCUT2D eigenvalue weighted by Crippen LogP contribution is -2.43. The molecule has 0 saturated carbocycles. The van der Waals surface area contributed by atoms with Crippen molar-refractivity contribution in [3.8, 4) is 0 Å². The van der Waals surface area contributed by atoms with Crippen LogP contribution in [-0.2, 0) is 16.0 Å². The molecule has 1 unspecified atom stereocenters. The molecule has 114 valence electrons. The second-order valence-electron chi connectivity index (χ2n) is 5.56. The van der Waals surface area contributed by atoms with Gasteiger partial charge < -0.3 is 4.90 Å². The normalized spacial score (nSPS) is 18.5. The Bertz CT molecular complexity index is 475. The topological polar surface area (TPSA) is 37.4 Å². The molecular formula is C17H23NO2S. The highest BCUT2D eigenvalue weighted by Gasteiger charge is 2.27. The summed E-state index contributed by atoms with van der Waals surface area (Å²) in [6.45, 7) is 1.43. The van der Waals surface area contributed by atoms with Crippen LogP contribution in [0.15, 0.2) is 30.3 Å². The number of carbonyl (C=O) groups excluding carboxylic acids is 2. The molecule has 0 N–H and O–H groups in total. The number of carbonyl (C=O) groups is 2. The van der Waals surface area contributed by atoms with Crippen molar-refractivity contribution >= 4 is 23.5 Å². The monoisotopic (exact) mass is 305 g/mol. The summed E-state index contributed by atoms with van der Waals surface area (Å²) in [7, 11) is 0. The van der Waals surface area contributed by atoms with Gasteiger partial charge in [0.05, 0.1) is 5.75 Å². The van der Waals surface area contributed by atoms with Gasteiger partial charge in [0.1, 0.15) is 5.78 Å². The molecule has 1 aromatic carbocycles. The number of likely N-dealkylation sites (tertiary alicyclic amines) is 1. The second-order valence-corrected chi connectivity index (χ2v) is 6.43. The predicted octanol–water partition coefficient (Wildman–Crippen LogP) is 2.79. The van der Waals surface area contributed by atoms with E-state index in [2.05, 4.69) is 12.1 Å². The number of benzene rings is 1. The molecule has 0 aromatic heterocycles. The number of nitrogens with zero attached hydrogens (tertiary/aromatic N) is 1. The molecule has 1 aromatic rings. The van der Waals surface area contributed by atoms with Crippen LogP contribution < -0.4 is 0 Å². The molecule has 0 aliphatic carbocycles. The standard InChI is InChI=1S/C17H23NO2S/c1-21-13-17(20)18-11-5-8-15(12-18)16(19)10-9-14-6-3-2-4-7-14/h2-4,6-7,15H,5,8-13H2,1H3. The van der Waals surface area contributed by atoms with E-state index < -0.39 is 0 Å². The van der Waals surface area contributed by atoms with Crippen molar-refractivity contribution in [3.63, 3.8) is 0 Å². The number of hydrogen-bond donors (Lipinski definition) is 0. The Morgan fingerprint density at radius 1 is 1.29 bits per heavy atom. The van der Waals surface area contributed by atoms with Crippen LogP contribution in [0.3, 0.4) is 0 Å². The highest BCUT2D eigenvalue weighted by Crippen LogP contribution is 2.20. The summed E-state index contributed by atoms with van der Waals surface area (Å²) >= 11 is 1.54. The smallest absolute Gasteiger partial charge is 0.232 e. The van der Waals surface area contributed by atoms with Crippen LogP contribution in [0.5, 0.6) is 0 Å². The summed E-state index contributed by atoms with van der Waals surface area (Å²) in [5, 5.41) is 0. The van der Waals surface area contributed by atoms with Crippen molar-refractivity contribution in [2.24, 2.45) is 5.92 Å². The van der Waals surface area contributed by atoms with Gasteiger partial charge in [-0.15, -0.1) is 0 Å². The Morgan fingerprint density at radius 2 is 2.05 bits per heavy atom. The van der Waals surface area contributed by atoms with Gasteiger partial charge in [0.15, 0.2) is 0 Å². The number of ketones is 1. The minimum atomic E-state index is 0.0354. The van der Waals surface area contributed by atoms with E-state index in [1.54, 1.807) is 11.8 Å². The first kappa shape index (κ1) is 16.1. The lowest BCUT2D eigenvalue weighted by atomic mass is 9.90. The Hall–Kier alpha value is -1.29. The number of thioether (sulfide) groups is 1. The molecule has 0 bridgehead atoms. The second kappa shape index (κ2) is 8.23. The maximum absolute atomic E-state index is 12.4. The summed E-state index contributed by atoms with van der Waals surface area (Å²) in [6, 6.07) is 10.1. The number of amides is 1. The number of rotatable bonds is 6. The van der Waals surface area contributed by atoms with Crippen molar-refractivity contribution in [2.75, 3.05) is 25.1 Å². The molecule has 0 spiro atoms. The van der Waals surface area contributed by atoms with Crippen molar-refractivity contribution in [2.45, 2.75) is 25.7 Å². The molecule has 1 amide bonds. The largest absolute Gasteiger partial charge is 0.341 e. The third kappa shape index (κ3) is 4.88. The van der Waals surface area contributed by atoms with Crippen LogP contribution in [0.2, 0.25) is 0 Å². The van der Waals surface area contributed by atoms with Crippen LogP contribution in [-0.4, -0.2) is 41.7 Å². The first-order chi connectivity index (χ1) is 10.2. The van der Waals surface area contributed by atoms with Crippen LogP contribution in [0.25, 0.3) is 0 Å². The van der Waals surface area contributed by atoms with Crippen molar-refractivity contribution < 1.29 is 9.59 Å². The fourth-order valence-corrected chi connectivity index (χ4v) is 3.23. The number of aryl methyl sites for hydroxylation is 1. The van der Waals surface area contributed by atoms with E-state index in [0.717, 1.165) is 25.8 Å². The van der Waals surface area contributed by atoms with Gasteiger partial charge in [0.25, 0.3) is 0 Å². The zero-order chi connectivity index (χ0) is 15.1. The SMILES string of the molecule is CSCC(=O)N1CCCC(C(=O)CCc2ccccc2)C1. The maximum atomic E-state index is 12.4. The van der Waals surface area contributed by atoms with Gasteiger partial charge >= 0.3 is 0 Å². The molecule has 4 heteroatoms. The average Bonchev–Trinajstić information content (AvgIpc) is 2.54. The third-order valence-electron chi connectivity index (χ3n) is 4.00. The summed E-state index contributed by atoms with van der Waals surface area (Å²) in [5.41, 5.74) is 1.21.